The standard InChI is InChI=1S/C17H18ClN5O/c1-4-14-9-15(21-11(3)20-14)19-10(2)16-22-17(24-23-16)12-5-7-13(18)8-6-12/h5-10H,4H2,1-3H3,(H,19,20,21). The highest BCUT2D eigenvalue weighted by Crippen LogP contribution is 2.22. The van der Waals surface area contributed by atoms with Crippen molar-refractivity contribution in [1.29, 1.82) is 0 Å². The zero-order valence-corrected chi connectivity index (χ0v) is 14.5. The summed E-state index contributed by atoms with van der Waals surface area (Å²) in [7, 11) is 0. The highest BCUT2D eigenvalue weighted by molar-refractivity contribution is 6.30. The van der Waals surface area contributed by atoms with Crippen molar-refractivity contribution < 1.29 is 4.52 Å². The monoisotopic (exact) mass is 343 g/mol. The minimum atomic E-state index is -0.145. The van der Waals surface area contributed by atoms with E-state index in [9.17, 15) is 0 Å². The molecule has 0 spiro atoms. The van der Waals surface area contributed by atoms with E-state index in [1.54, 1.807) is 12.1 Å². The maximum absolute atomic E-state index is 5.89. The smallest absolute Gasteiger partial charge is 0.257 e. The summed E-state index contributed by atoms with van der Waals surface area (Å²) >= 11 is 5.89. The van der Waals surface area contributed by atoms with Gasteiger partial charge in [-0.3, -0.25) is 0 Å². The van der Waals surface area contributed by atoms with Crippen LogP contribution in [0.5, 0.6) is 0 Å². The van der Waals surface area contributed by atoms with E-state index in [0.29, 0.717) is 16.7 Å². The summed E-state index contributed by atoms with van der Waals surface area (Å²) in [5.74, 6) is 2.52. The molecule has 124 valence electrons. The Morgan fingerprint density at radius 2 is 1.92 bits per heavy atom. The molecule has 1 aromatic carbocycles. The molecule has 0 aliphatic carbocycles. The second-order valence-corrected chi connectivity index (χ2v) is 5.91. The zero-order valence-electron chi connectivity index (χ0n) is 13.7. The van der Waals surface area contributed by atoms with Gasteiger partial charge in [0.1, 0.15) is 11.6 Å². The van der Waals surface area contributed by atoms with Crippen LogP contribution in [-0.4, -0.2) is 20.1 Å². The molecule has 2 heterocycles. The highest BCUT2D eigenvalue weighted by Gasteiger charge is 2.15. The molecule has 0 saturated carbocycles. The molecule has 1 N–H and O–H groups in total. The molecule has 0 aliphatic heterocycles. The fraction of sp³-hybridized carbons (Fsp3) is 0.294. The van der Waals surface area contributed by atoms with E-state index in [-0.39, 0.29) is 6.04 Å². The predicted octanol–water partition coefficient (Wildman–Crippen LogP) is 4.22. The second kappa shape index (κ2) is 6.97. The van der Waals surface area contributed by atoms with Gasteiger partial charge in [0.2, 0.25) is 0 Å². The molecule has 3 rings (SSSR count). The van der Waals surface area contributed by atoms with E-state index in [4.69, 9.17) is 16.1 Å². The van der Waals surface area contributed by atoms with E-state index in [1.165, 1.54) is 0 Å². The van der Waals surface area contributed by atoms with Crippen molar-refractivity contribution in [2.45, 2.75) is 33.2 Å². The molecule has 0 saturated heterocycles. The van der Waals surface area contributed by atoms with Gasteiger partial charge in [-0.2, -0.15) is 4.98 Å². The minimum Gasteiger partial charge on any atom is -0.360 e. The third kappa shape index (κ3) is 3.71. The maximum Gasteiger partial charge on any atom is 0.257 e. The number of nitrogens with one attached hydrogen (secondary N) is 1. The van der Waals surface area contributed by atoms with Crippen LogP contribution in [0.1, 0.15) is 37.2 Å². The van der Waals surface area contributed by atoms with Crippen LogP contribution in [0.3, 0.4) is 0 Å². The van der Waals surface area contributed by atoms with Gasteiger partial charge in [-0.15, -0.1) is 0 Å². The molecule has 3 aromatic rings. The first-order valence-corrected chi connectivity index (χ1v) is 8.13. The molecule has 0 radical (unpaired) electrons. The lowest BCUT2D eigenvalue weighted by molar-refractivity contribution is 0.419. The van der Waals surface area contributed by atoms with Gasteiger partial charge >= 0.3 is 0 Å². The lowest BCUT2D eigenvalue weighted by atomic mass is 10.2. The fourth-order valence-corrected chi connectivity index (χ4v) is 2.42. The number of halogens is 1. The summed E-state index contributed by atoms with van der Waals surface area (Å²) in [6.07, 6.45) is 0.856. The molecule has 1 atom stereocenters. The maximum atomic E-state index is 5.89. The Bertz CT molecular complexity index is 831. The Kier molecular flexibility index (Phi) is 4.76. The first-order valence-electron chi connectivity index (χ1n) is 7.76. The van der Waals surface area contributed by atoms with Crippen molar-refractivity contribution in [2.24, 2.45) is 0 Å². The van der Waals surface area contributed by atoms with Crippen molar-refractivity contribution in [3.63, 3.8) is 0 Å². The number of hydrogen-bond donors (Lipinski definition) is 1. The number of benzene rings is 1. The lowest BCUT2D eigenvalue weighted by Gasteiger charge is -2.11. The van der Waals surface area contributed by atoms with E-state index in [2.05, 4.69) is 32.3 Å². The normalized spacial score (nSPS) is 12.2. The van der Waals surface area contributed by atoms with Gasteiger partial charge in [-0.25, -0.2) is 9.97 Å². The van der Waals surface area contributed by atoms with Crippen LogP contribution in [0.15, 0.2) is 34.9 Å². The minimum absolute atomic E-state index is 0.145. The molecule has 0 aliphatic rings. The number of aromatic nitrogens is 4. The number of aryl methyl sites for hydroxylation is 2. The first kappa shape index (κ1) is 16.4. The molecule has 6 nitrogen and oxygen atoms in total. The Labute approximate surface area is 145 Å². The van der Waals surface area contributed by atoms with Crippen molar-refractivity contribution in [2.75, 3.05) is 5.32 Å². The van der Waals surface area contributed by atoms with Gasteiger partial charge in [-0.1, -0.05) is 23.7 Å². The summed E-state index contributed by atoms with van der Waals surface area (Å²) in [5.41, 5.74) is 1.82. The Morgan fingerprint density at radius 3 is 2.62 bits per heavy atom. The van der Waals surface area contributed by atoms with E-state index >= 15 is 0 Å². The van der Waals surface area contributed by atoms with Crippen LogP contribution in [0.4, 0.5) is 5.82 Å². The number of nitrogens with zero attached hydrogens (tertiary/aromatic N) is 4. The topological polar surface area (TPSA) is 76.7 Å². The average Bonchev–Trinajstić information content (AvgIpc) is 3.05. The largest absolute Gasteiger partial charge is 0.360 e. The van der Waals surface area contributed by atoms with Crippen LogP contribution in [0.2, 0.25) is 5.02 Å². The quantitative estimate of drug-likeness (QED) is 0.747. The van der Waals surface area contributed by atoms with Crippen molar-refractivity contribution >= 4 is 17.4 Å². The van der Waals surface area contributed by atoms with Crippen LogP contribution in [0.25, 0.3) is 11.5 Å². The van der Waals surface area contributed by atoms with Gasteiger partial charge < -0.3 is 9.84 Å². The Hall–Kier alpha value is -2.47. The summed E-state index contributed by atoms with van der Waals surface area (Å²) in [5, 5.41) is 8.01. The fourth-order valence-electron chi connectivity index (χ4n) is 2.29. The van der Waals surface area contributed by atoms with Crippen molar-refractivity contribution in [1.82, 2.24) is 20.1 Å². The molecule has 0 bridgehead atoms. The van der Waals surface area contributed by atoms with Crippen molar-refractivity contribution in [3.05, 3.63) is 52.7 Å². The van der Waals surface area contributed by atoms with E-state index < -0.39 is 0 Å². The molecular weight excluding hydrogens is 326 g/mol. The Morgan fingerprint density at radius 1 is 1.17 bits per heavy atom. The molecule has 24 heavy (non-hydrogen) atoms. The number of hydrogen-bond acceptors (Lipinski definition) is 6. The van der Waals surface area contributed by atoms with Gasteiger partial charge in [0.15, 0.2) is 5.82 Å². The molecule has 0 amide bonds. The SMILES string of the molecule is CCc1cc(NC(C)c2noc(-c3ccc(Cl)cc3)n2)nc(C)n1. The first-order chi connectivity index (χ1) is 11.5. The van der Waals surface area contributed by atoms with Crippen LogP contribution in [0, 0.1) is 6.92 Å². The van der Waals surface area contributed by atoms with Crippen molar-refractivity contribution in [3.8, 4) is 11.5 Å². The van der Waals surface area contributed by atoms with E-state index in [0.717, 1.165) is 29.3 Å². The summed E-state index contributed by atoms with van der Waals surface area (Å²) in [6.45, 7) is 5.90. The van der Waals surface area contributed by atoms with Crippen LogP contribution < -0.4 is 5.32 Å². The van der Waals surface area contributed by atoms with Gasteiger partial charge in [-0.05, 0) is 44.5 Å². The molecule has 7 heteroatoms. The molecule has 1 unspecified atom stereocenters. The third-order valence-electron chi connectivity index (χ3n) is 3.54. The van der Waals surface area contributed by atoms with Gasteiger partial charge in [0.05, 0.1) is 6.04 Å². The number of rotatable bonds is 5. The Balaban J connectivity index is 1.77. The average molecular weight is 344 g/mol. The zero-order chi connectivity index (χ0) is 17.1. The predicted molar refractivity (Wildman–Crippen MR) is 92.9 cm³/mol. The van der Waals surface area contributed by atoms with E-state index in [1.807, 2.05) is 32.0 Å². The second-order valence-electron chi connectivity index (χ2n) is 5.48. The number of anilines is 1. The van der Waals surface area contributed by atoms with Gasteiger partial charge in [0, 0.05) is 22.3 Å². The van der Waals surface area contributed by atoms with Gasteiger partial charge in [0.25, 0.3) is 5.89 Å². The summed E-state index contributed by atoms with van der Waals surface area (Å²) < 4.78 is 5.34. The van der Waals surface area contributed by atoms with Crippen LogP contribution >= 0.6 is 11.6 Å². The molecule has 0 fully saturated rings. The molecular formula is C17H18ClN5O. The summed E-state index contributed by atoms with van der Waals surface area (Å²) in [6, 6.07) is 9.06. The molecule has 2 aromatic heterocycles. The lowest BCUT2D eigenvalue weighted by Crippen LogP contribution is -2.11. The van der Waals surface area contributed by atoms with Crippen LogP contribution in [-0.2, 0) is 6.42 Å². The highest BCUT2D eigenvalue weighted by atomic mass is 35.5. The summed E-state index contributed by atoms with van der Waals surface area (Å²) in [4.78, 5) is 13.2. The third-order valence-corrected chi connectivity index (χ3v) is 3.79.